The molecule has 12 heavy (non-hydrogen) atoms. The Hall–Kier alpha value is -1.35. The van der Waals surface area contributed by atoms with E-state index in [9.17, 15) is 0 Å². The third-order valence-electron chi connectivity index (χ3n) is 2.35. The highest BCUT2D eigenvalue weighted by Gasteiger charge is 2.24. The predicted molar refractivity (Wildman–Crippen MR) is 47.7 cm³/mol. The van der Waals surface area contributed by atoms with Crippen molar-refractivity contribution in [3.05, 3.63) is 35.2 Å². The van der Waals surface area contributed by atoms with Gasteiger partial charge in [0.15, 0.2) is 0 Å². The van der Waals surface area contributed by atoms with E-state index in [1.54, 1.807) is 0 Å². The molecule has 0 spiro atoms. The summed E-state index contributed by atoms with van der Waals surface area (Å²) in [5.74, 6) is 0. The maximum Gasteiger partial charge on any atom is 0.0693 e. The molecule has 3 rings (SSSR count). The van der Waals surface area contributed by atoms with Crippen molar-refractivity contribution in [2.75, 3.05) is 6.67 Å². The highest BCUT2D eigenvalue weighted by molar-refractivity contribution is 5.81. The molecule has 3 aliphatic rings. The minimum absolute atomic E-state index is 0.354. The lowest BCUT2D eigenvalue weighted by molar-refractivity contribution is 0.753. The van der Waals surface area contributed by atoms with E-state index in [-0.39, 0.29) is 0 Å². The van der Waals surface area contributed by atoms with Gasteiger partial charge in [-0.25, -0.2) is 0 Å². The fraction of sp³-hybridized carbons (Fsp3) is 0.222. The van der Waals surface area contributed by atoms with Gasteiger partial charge in [-0.3, -0.25) is 10.3 Å². The lowest BCUT2D eigenvalue weighted by atomic mass is 10.0. The molecule has 3 heteroatoms. The number of rotatable bonds is 0. The van der Waals surface area contributed by atoms with Gasteiger partial charge in [-0.1, -0.05) is 0 Å². The Kier molecular flexibility index (Phi) is 1.07. The van der Waals surface area contributed by atoms with Crippen molar-refractivity contribution in [1.29, 1.82) is 0 Å². The average molecular weight is 159 g/mol. The summed E-state index contributed by atoms with van der Waals surface area (Å²) in [5, 5.41) is 6.59. The third-order valence-corrected chi connectivity index (χ3v) is 2.35. The van der Waals surface area contributed by atoms with E-state index in [1.165, 1.54) is 11.3 Å². The molecule has 0 saturated carbocycles. The van der Waals surface area contributed by atoms with Gasteiger partial charge in [-0.2, -0.15) is 0 Å². The van der Waals surface area contributed by atoms with Gasteiger partial charge in [0.1, 0.15) is 0 Å². The summed E-state index contributed by atoms with van der Waals surface area (Å²) < 4.78 is 0. The van der Waals surface area contributed by atoms with E-state index in [4.69, 9.17) is 0 Å². The zero-order valence-corrected chi connectivity index (χ0v) is 6.54. The quantitative estimate of drug-likeness (QED) is 0.533. The number of aliphatic imine (C=N–C) groups is 1. The van der Waals surface area contributed by atoms with E-state index >= 15 is 0 Å². The van der Waals surface area contributed by atoms with Crippen LogP contribution in [0.4, 0.5) is 0 Å². The van der Waals surface area contributed by atoms with Gasteiger partial charge in [-0.05, 0) is 18.2 Å². The largest absolute Gasteiger partial charge is 0.374 e. The van der Waals surface area contributed by atoms with Crippen molar-refractivity contribution < 1.29 is 0 Å². The molecule has 0 aromatic carbocycles. The molecule has 0 aromatic heterocycles. The van der Waals surface area contributed by atoms with Gasteiger partial charge in [0.2, 0.25) is 0 Å². The van der Waals surface area contributed by atoms with Crippen LogP contribution in [0.1, 0.15) is 0 Å². The van der Waals surface area contributed by atoms with E-state index < -0.39 is 0 Å². The first-order valence-corrected chi connectivity index (χ1v) is 4.09. The predicted octanol–water partition coefficient (Wildman–Crippen LogP) is 0.297. The maximum absolute atomic E-state index is 4.25. The van der Waals surface area contributed by atoms with Crippen molar-refractivity contribution in [3.63, 3.8) is 0 Å². The molecule has 1 aliphatic carbocycles. The molecule has 60 valence electrons. The summed E-state index contributed by atoms with van der Waals surface area (Å²) in [6, 6.07) is 0.354. The maximum atomic E-state index is 4.25. The van der Waals surface area contributed by atoms with Gasteiger partial charge in [0, 0.05) is 17.5 Å². The second kappa shape index (κ2) is 2.08. The van der Waals surface area contributed by atoms with Crippen LogP contribution in [0.2, 0.25) is 0 Å². The summed E-state index contributed by atoms with van der Waals surface area (Å²) in [4.78, 5) is 4.25. The van der Waals surface area contributed by atoms with Crippen molar-refractivity contribution in [3.8, 4) is 0 Å². The minimum atomic E-state index is 0.354. The number of hydrogen-bond acceptors (Lipinski definition) is 3. The number of hydrogen-bond donors (Lipinski definition) is 2. The van der Waals surface area contributed by atoms with Crippen LogP contribution in [-0.4, -0.2) is 18.9 Å². The van der Waals surface area contributed by atoms with E-state index in [0.29, 0.717) is 6.04 Å². The number of nitrogens with one attached hydrogen (secondary N) is 2. The molecule has 0 bridgehead atoms. The third kappa shape index (κ3) is 0.713. The normalized spacial score (nSPS) is 30.0. The van der Waals surface area contributed by atoms with Crippen LogP contribution in [-0.2, 0) is 0 Å². The van der Waals surface area contributed by atoms with Crippen molar-refractivity contribution >= 4 is 6.21 Å². The Bertz CT molecular complexity index is 347. The van der Waals surface area contributed by atoms with Crippen LogP contribution < -0.4 is 10.6 Å². The molecule has 2 N–H and O–H groups in total. The highest BCUT2D eigenvalue weighted by atomic mass is 15.2. The Morgan fingerprint density at radius 2 is 2.50 bits per heavy atom. The molecule has 2 heterocycles. The van der Waals surface area contributed by atoms with Crippen LogP contribution in [0.5, 0.6) is 0 Å². The number of allylic oxidation sites excluding steroid dienone is 2. The zero-order chi connectivity index (χ0) is 7.97. The molecule has 0 radical (unpaired) electrons. The van der Waals surface area contributed by atoms with Crippen LogP contribution >= 0.6 is 0 Å². The molecule has 0 amide bonds. The van der Waals surface area contributed by atoms with Gasteiger partial charge in [0.05, 0.1) is 18.4 Å². The molecule has 1 saturated heterocycles. The van der Waals surface area contributed by atoms with E-state index in [1.807, 2.05) is 12.3 Å². The smallest absolute Gasteiger partial charge is 0.0693 e. The van der Waals surface area contributed by atoms with Crippen LogP contribution in [0.15, 0.2) is 40.2 Å². The first-order chi connectivity index (χ1) is 5.93. The summed E-state index contributed by atoms with van der Waals surface area (Å²) in [5.41, 5.74) is 3.58. The first-order valence-electron chi connectivity index (χ1n) is 4.09. The lowest BCUT2D eigenvalue weighted by Crippen LogP contribution is -2.22. The molecule has 2 aliphatic heterocycles. The first kappa shape index (κ1) is 6.20. The van der Waals surface area contributed by atoms with Crippen molar-refractivity contribution in [1.82, 2.24) is 10.6 Å². The second-order valence-corrected chi connectivity index (χ2v) is 3.09. The SMILES string of the molecule is C1=NC2=CC3NCNC3=CC2=C1. The van der Waals surface area contributed by atoms with E-state index in [0.717, 1.165) is 12.4 Å². The monoisotopic (exact) mass is 159 g/mol. The van der Waals surface area contributed by atoms with Crippen LogP contribution in [0.25, 0.3) is 0 Å². The fourth-order valence-electron chi connectivity index (χ4n) is 1.72. The van der Waals surface area contributed by atoms with Crippen LogP contribution in [0.3, 0.4) is 0 Å². The summed E-state index contributed by atoms with van der Waals surface area (Å²) >= 11 is 0. The highest BCUT2D eigenvalue weighted by Crippen LogP contribution is 2.26. The van der Waals surface area contributed by atoms with Crippen molar-refractivity contribution in [2.24, 2.45) is 4.99 Å². The second-order valence-electron chi connectivity index (χ2n) is 3.09. The number of fused-ring (bicyclic) bond motifs is 2. The minimum Gasteiger partial charge on any atom is -0.374 e. The molecule has 1 fully saturated rings. The standard InChI is InChI=1S/C9H9N3/c1-2-10-7-4-9-8(3-6(1)7)11-5-12-9/h1-4,9,11-12H,5H2. The lowest BCUT2D eigenvalue weighted by Gasteiger charge is -2.13. The molecule has 1 atom stereocenters. The summed E-state index contributed by atoms with van der Waals surface area (Å²) in [6.07, 6.45) is 8.20. The Labute approximate surface area is 70.6 Å². The van der Waals surface area contributed by atoms with Gasteiger partial charge < -0.3 is 5.32 Å². The molecular weight excluding hydrogens is 150 g/mol. The zero-order valence-electron chi connectivity index (χ0n) is 6.54. The van der Waals surface area contributed by atoms with Crippen LogP contribution in [0, 0.1) is 0 Å². The molecule has 0 aromatic rings. The van der Waals surface area contributed by atoms with Gasteiger partial charge in [0.25, 0.3) is 0 Å². The Balaban J connectivity index is 2.08. The summed E-state index contributed by atoms with van der Waals surface area (Å²) in [6.45, 7) is 0.858. The Morgan fingerprint density at radius 3 is 3.50 bits per heavy atom. The van der Waals surface area contributed by atoms with Gasteiger partial charge in [-0.15, -0.1) is 0 Å². The molecule has 1 unspecified atom stereocenters. The topological polar surface area (TPSA) is 36.4 Å². The number of nitrogens with zero attached hydrogens (tertiary/aromatic N) is 1. The summed E-state index contributed by atoms with van der Waals surface area (Å²) in [7, 11) is 0. The molecule has 3 nitrogen and oxygen atoms in total. The Morgan fingerprint density at radius 1 is 1.50 bits per heavy atom. The molecular formula is C9H9N3. The van der Waals surface area contributed by atoms with Gasteiger partial charge >= 0.3 is 0 Å². The van der Waals surface area contributed by atoms with E-state index in [2.05, 4.69) is 27.8 Å². The average Bonchev–Trinajstić information content (AvgIpc) is 2.64. The van der Waals surface area contributed by atoms with Crippen molar-refractivity contribution in [2.45, 2.75) is 6.04 Å². The fourth-order valence-corrected chi connectivity index (χ4v) is 1.72.